The van der Waals surface area contributed by atoms with E-state index in [1.54, 1.807) is 6.33 Å². The van der Waals surface area contributed by atoms with Crippen molar-refractivity contribution in [1.29, 1.82) is 0 Å². The molecule has 3 rings (SSSR count). The molecule has 0 aliphatic carbocycles. The molecule has 21 heavy (non-hydrogen) atoms. The van der Waals surface area contributed by atoms with Crippen molar-refractivity contribution in [3.63, 3.8) is 0 Å². The third-order valence-electron chi connectivity index (χ3n) is 3.14. The van der Waals surface area contributed by atoms with Gasteiger partial charge in [0.25, 0.3) is 0 Å². The fourth-order valence-corrected chi connectivity index (χ4v) is 2.15. The first-order valence-electron chi connectivity index (χ1n) is 6.72. The van der Waals surface area contributed by atoms with Gasteiger partial charge in [-0.05, 0) is 36.8 Å². The van der Waals surface area contributed by atoms with Crippen LogP contribution in [0.4, 0.5) is 17.2 Å². The third-order valence-corrected chi connectivity index (χ3v) is 3.14. The second kappa shape index (κ2) is 5.63. The molecule has 0 saturated carbocycles. The molecule has 0 radical (unpaired) electrons. The second-order valence-electron chi connectivity index (χ2n) is 4.91. The zero-order valence-corrected chi connectivity index (χ0v) is 11.7. The van der Waals surface area contributed by atoms with Gasteiger partial charge in [-0.1, -0.05) is 24.3 Å². The fourth-order valence-electron chi connectivity index (χ4n) is 2.15. The van der Waals surface area contributed by atoms with Crippen LogP contribution in [-0.2, 0) is 0 Å². The number of anilines is 3. The maximum Gasteiger partial charge on any atom is 0.134 e. The van der Waals surface area contributed by atoms with Crippen molar-refractivity contribution in [1.82, 2.24) is 9.97 Å². The first-order chi connectivity index (χ1) is 10.2. The Morgan fingerprint density at radius 1 is 0.952 bits per heavy atom. The van der Waals surface area contributed by atoms with Crippen LogP contribution < -0.4 is 11.1 Å². The summed E-state index contributed by atoms with van der Waals surface area (Å²) >= 11 is 0. The van der Waals surface area contributed by atoms with Crippen LogP contribution in [0.3, 0.4) is 0 Å². The highest BCUT2D eigenvalue weighted by Crippen LogP contribution is 2.22. The molecule has 2 aromatic carbocycles. The number of nitrogens with zero attached hydrogens (tertiary/aromatic N) is 2. The summed E-state index contributed by atoms with van der Waals surface area (Å²) in [6, 6.07) is 17.7. The van der Waals surface area contributed by atoms with Gasteiger partial charge in [0, 0.05) is 23.0 Å². The van der Waals surface area contributed by atoms with E-state index in [9.17, 15) is 0 Å². The summed E-state index contributed by atoms with van der Waals surface area (Å²) < 4.78 is 0. The van der Waals surface area contributed by atoms with Gasteiger partial charge < -0.3 is 11.1 Å². The predicted molar refractivity (Wildman–Crippen MR) is 86.3 cm³/mol. The summed E-state index contributed by atoms with van der Waals surface area (Å²) in [5, 5.41) is 3.29. The van der Waals surface area contributed by atoms with Crippen molar-refractivity contribution in [2.24, 2.45) is 0 Å². The molecule has 4 heteroatoms. The van der Waals surface area contributed by atoms with E-state index in [0.29, 0.717) is 0 Å². The van der Waals surface area contributed by atoms with E-state index >= 15 is 0 Å². The number of aromatic nitrogens is 2. The van der Waals surface area contributed by atoms with Crippen molar-refractivity contribution in [3.05, 3.63) is 66.5 Å². The van der Waals surface area contributed by atoms with Crippen molar-refractivity contribution in [3.8, 4) is 11.3 Å². The molecule has 0 saturated heterocycles. The summed E-state index contributed by atoms with van der Waals surface area (Å²) in [7, 11) is 0. The second-order valence-corrected chi connectivity index (χ2v) is 4.91. The number of nitrogens with one attached hydrogen (secondary N) is 1. The average Bonchev–Trinajstić information content (AvgIpc) is 2.47. The minimum atomic E-state index is 0.722. The average molecular weight is 276 g/mol. The van der Waals surface area contributed by atoms with E-state index in [0.717, 1.165) is 28.5 Å². The van der Waals surface area contributed by atoms with Crippen LogP contribution in [0.15, 0.2) is 60.9 Å². The van der Waals surface area contributed by atoms with E-state index in [2.05, 4.69) is 34.3 Å². The molecular formula is C17H16N4. The van der Waals surface area contributed by atoms with E-state index in [1.807, 2.05) is 42.5 Å². The zero-order chi connectivity index (χ0) is 14.7. The molecule has 1 aromatic heterocycles. The lowest BCUT2D eigenvalue weighted by molar-refractivity contribution is 1.17. The van der Waals surface area contributed by atoms with Crippen LogP contribution in [0.2, 0.25) is 0 Å². The Morgan fingerprint density at radius 2 is 1.81 bits per heavy atom. The molecule has 0 aliphatic rings. The van der Waals surface area contributed by atoms with Gasteiger partial charge in [0.2, 0.25) is 0 Å². The van der Waals surface area contributed by atoms with Crippen molar-refractivity contribution in [2.75, 3.05) is 11.1 Å². The largest absolute Gasteiger partial charge is 0.399 e. The van der Waals surface area contributed by atoms with Gasteiger partial charge in [-0.3, -0.25) is 0 Å². The molecule has 0 fully saturated rings. The number of rotatable bonds is 3. The van der Waals surface area contributed by atoms with Gasteiger partial charge in [0.1, 0.15) is 12.1 Å². The molecular weight excluding hydrogens is 260 g/mol. The van der Waals surface area contributed by atoms with E-state index in [4.69, 9.17) is 5.73 Å². The highest BCUT2D eigenvalue weighted by atomic mass is 15.0. The Hall–Kier alpha value is -2.88. The first-order valence-corrected chi connectivity index (χ1v) is 6.72. The molecule has 0 aliphatic heterocycles. The van der Waals surface area contributed by atoms with Crippen molar-refractivity contribution in [2.45, 2.75) is 6.92 Å². The SMILES string of the molecule is Cc1cccc(Nc2cc(-c3cccc(N)c3)ncn2)c1. The molecule has 0 amide bonds. The third kappa shape index (κ3) is 3.17. The summed E-state index contributed by atoms with van der Waals surface area (Å²) in [6.07, 6.45) is 1.55. The van der Waals surface area contributed by atoms with Crippen LogP contribution in [-0.4, -0.2) is 9.97 Å². The number of hydrogen-bond donors (Lipinski definition) is 2. The predicted octanol–water partition coefficient (Wildman–Crippen LogP) is 3.78. The minimum absolute atomic E-state index is 0.722. The standard InChI is InChI=1S/C17H16N4/c1-12-4-2-7-15(8-12)21-17-10-16(19-11-20-17)13-5-3-6-14(18)9-13/h2-11H,18H2,1H3,(H,19,20,21). The van der Waals surface area contributed by atoms with Gasteiger partial charge >= 0.3 is 0 Å². The Labute approximate surface area is 123 Å². The fraction of sp³-hybridized carbons (Fsp3) is 0.0588. The Balaban J connectivity index is 1.90. The summed E-state index contributed by atoms with van der Waals surface area (Å²) in [5.41, 5.74) is 10.6. The molecule has 3 N–H and O–H groups in total. The van der Waals surface area contributed by atoms with Crippen molar-refractivity contribution < 1.29 is 0 Å². The molecule has 0 bridgehead atoms. The van der Waals surface area contributed by atoms with Gasteiger partial charge in [0.05, 0.1) is 5.69 Å². The smallest absolute Gasteiger partial charge is 0.134 e. The van der Waals surface area contributed by atoms with E-state index < -0.39 is 0 Å². The maximum absolute atomic E-state index is 5.82. The normalized spacial score (nSPS) is 10.3. The van der Waals surface area contributed by atoms with Crippen LogP contribution >= 0.6 is 0 Å². The molecule has 3 aromatic rings. The molecule has 0 unspecified atom stereocenters. The molecule has 4 nitrogen and oxygen atoms in total. The number of nitrogen functional groups attached to an aromatic ring is 1. The quantitative estimate of drug-likeness (QED) is 0.715. The van der Waals surface area contributed by atoms with Gasteiger partial charge in [-0.2, -0.15) is 0 Å². The highest BCUT2D eigenvalue weighted by Gasteiger charge is 2.03. The van der Waals surface area contributed by atoms with Crippen molar-refractivity contribution >= 4 is 17.2 Å². The molecule has 0 spiro atoms. The summed E-state index contributed by atoms with van der Waals surface area (Å²) in [4.78, 5) is 8.56. The first kappa shape index (κ1) is 13.1. The van der Waals surface area contributed by atoms with Crippen LogP contribution in [0.5, 0.6) is 0 Å². The lowest BCUT2D eigenvalue weighted by Gasteiger charge is -2.08. The molecule has 0 atom stereocenters. The monoisotopic (exact) mass is 276 g/mol. The van der Waals surface area contributed by atoms with Crippen LogP contribution in [0, 0.1) is 6.92 Å². The Bertz CT molecular complexity index is 768. The summed E-state index contributed by atoms with van der Waals surface area (Å²) in [6.45, 7) is 2.06. The number of nitrogens with two attached hydrogens (primary N) is 1. The van der Waals surface area contributed by atoms with Crippen LogP contribution in [0.25, 0.3) is 11.3 Å². The lowest BCUT2D eigenvalue weighted by atomic mass is 10.1. The maximum atomic E-state index is 5.82. The molecule has 1 heterocycles. The Kier molecular flexibility index (Phi) is 3.51. The highest BCUT2D eigenvalue weighted by molar-refractivity contribution is 5.68. The van der Waals surface area contributed by atoms with E-state index in [1.165, 1.54) is 5.56 Å². The van der Waals surface area contributed by atoms with Crippen LogP contribution in [0.1, 0.15) is 5.56 Å². The summed E-state index contributed by atoms with van der Waals surface area (Å²) in [5.74, 6) is 0.757. The van der Waals surface area contributed by atoms with Gasteiger partial charge in [-0.15, -0.1) is 0 Å². The lowest BCUT2D eigenvalue weighted by Crippen LogP contribution is -1.96. The van der Waals surface area contributed by atoms with E-state index in [-0.39, 0.29) is 0 Å². The molecule has 104 valence electrons. The van der Waals surface area contributed by atoms with Gasteiger partial charge in [-0.25, -0.2) is 9.97 Å². The minimum Gasteiger partial charge on any atom is -0.399 e. The zero-order valence-electron chi connectivity index (χ0n) is 11.7. The van der Waals surface area contributed by atoms with Gasteiger partial charge in [0.15, 0.2) is 0 Å². The number of benzene rings is 2. The number of aryl methyl sites for hydroxylation is 1. The topological polar surface area (TPSA) is 63.8 Å². The Morgan fingerprint density at radius 3 is 2.62 bits per heavy atom. The number of hydrogen-bond acceptors (Lipinski definition) is 4.